The maximum absolute atomic E-state index is 13.4. The van der Waals surface area contributed by atoms with Crippen LogP contribution in [0, 0.1) is 0 Å². The number of carboxylic acid groups (broad SMARTS) is 2. The Hall–Kier alpha value is -4.77. The number of aliphatic carboxylic acids is 1. The van der Waals surface area contributed by atoms with Crippen LogP contribution in [0.3, 0.4) is 0 Å². The minimum atomic E-state index is -5.08. The second-order valence-corrected chi connectivity index (χ2v) is 12.9. The van der Waals surface area contributed by atoms with Crippen molar-refractivity contribution in [3.05, 3.63) is 66.0 Å². The van der Waals surface area contributed by atoms with Crippen LogP contribution < -0.4 is 10.1 Å². The molecule has 11 nitrogen and oxygen atoms in total. The molecule has 0 spiro atoms. The zero-order chi connectivity index (χ0) is 37.7. The fourth-order valence-corrected chi connectivity index (χ4v) is 5.84. The van der Waals surface area contributed by atoms with Crippen molar-refractivity contribution in [3.63, 3.8) is 0 Å². The highest BCUT2D eigenvalue weighted by atomic mass is 19.4. The lowest BCUT2D eigenvalue weighted by atomic mass is 9.95. The molecule has 1 saturated heterocycles. The maximum atomic E-state index is 13.4. The van der Waals surface area contributed by atoms with E-state index in [-0.39, 0.29) is 30.8 Å². The molecule has 0 bridgehead atoms. The van der Waals surface area contributed by atoms with Gasteiger partial charge in [-0.15, -0.1) is 13.2 Å². The molecule has 0 radical (unpaired) electrons. The molecule has 51 heavy (non-hydrogen) atoms. The number of benzene rings is 2. The standard InChI is InChI=1S/C32H37F3N4O5.C2HF3O2/c1-31(2,3)39(30(41)42)12-11-24-18-36-29(40)28-27(22-9-7-21(8-10-22)19-37-13-15-43-16-14-37)26(20-38(24)28)23-5-4-6-25(17-23)44-32(33,34)35;3-2(4,5)1(6)7/h4-10,17,20,24H,11-16,18-19H2,1-3H3,(H,36,40)(H,41,42);(H,6,7)/t24-;/m0./s1. The molecule has 2 amide bonds. The minimum absolute atomic E-state index is 0.229. The number of nitrogens with one attached hydrogen (secondary N) is 1. The van der Waals surface area contributed by atoms with Gasteiger partial charge in [-0.25, -0.2) is 9.59 Å². The third-order valence-corrected chi connectivity index (χ3v) is 8.24. The number of morpholine rings is 1. The Labute approximate surface area is 289 Å². The summed E-state index contributed by atoms with van der Waals surface area (Å²) >= 11 is 0. The Morgan fingerprint density at radius 3 is 2.16 bits per heavy atom. The van der Waals surface area contributed by atoms with Gasteiger partial charge in [0.2, 0.25) is 0 Å². The molecule has 5 rings (SSSR count). The molecule has 0 saturated carbocycles. The molecule has 1 fully saturated rings. The molecule has 2 aliphatic heterocycles. The van der Waals surface area contributed by atoms with Crippen LogP contribution in [0.25, 0.3) is 22.3 Å². The lowest BCUT2D eigenvalue weighted by Gasteiger charge is -2.35. The Morgan fingerprint density at radius 2 is 1.61 bits per heavy atom. The van der Waals surface area contributed by atoms with Crippen molar-refractivity contribution in [2.75, 3.05) is 39.4 Å². The van der Waals surface area contributed by atoms with E-state index >= 15 is 0 Å². The van der Waals surface area contributed by atoms with Crippen molar-refractivity contribution in [3.8, 4) is 28.0 Å². The minimum Gasteiger partial charge on any atom is -0.475 e. The third kappa shape index (κ3) is 10.4. The third-order valence-electron chi connectivity index (χ3n) is 8.24. The number of alkyl halides is 6. The number of carboxylic acids is 1. The molecule has 0 aliphatic carbocycles. The largest absolute Gasteiger partial charge is 0.573 e. The second kappa shape index (κ2) is 15.6. The average molecular weight is 729 g/mol. The fourth-order valence-electron chi connectivity index (χ4n) is 5.84. The van der Waals surface area contributed by atoms with Crippen LogP contribution in [-0.2, 0) is 16.1 Å². The summed E-state index contributed by atoms with van der Waals surface area (Å²) in [4.78, 5) is 38.0. The number of fused-ring (bicyclic) bond motifs is 1. The van der Waals surface area contributed by atoms with Crippen LogP contribution >= 0.6 is 0 Å². The summed E-state index contributed by atoms with van der Waals surface area (Å²) in [5, 5.41) is 19.9. The summed E-state index contributed by atoms with van der Waals surface area (Å²) in [7, 11) is 0. The number of hydrogen-bond acceptors (Lipinski definition) is 6. The van der Waals surface area contributed by atoms with E-state index in [1.54, 1.807) is 12.3 Å². The normalized spacial score (nSPS) is 16.7. The van der Waals surface area contributed by atoms with Gasteiger partial charge in [-0.1, -0.05) is 36.4 Å². The molecular weight excluding hydrogens is 690 g/mol. The van der Waals surface area contributed by atoms with Gasteiger partial charge in [-0.3, -0.25) is 9.69 Å². The van der Waals surface area contributed by atoms with E-state index in [4.69, 9.17) is 14.6 Å². The van der Waals surface area contributed by atoms with E-state index in [2.05, 4.69) is 15.0 Å². The summed E-state index contributed by atoms with van der Waals surface area (Å²) in [6.07, 6.45) is -8.78. The summed E-state index contributed by atoms with van der Waals surface area (Å²) in [6.45, 7) is 9.77. The number of carbonyl (C=O) groups excluding carboxylic acids is 1. The van der Waals surface area contributed by atoms with Crippen molar-refractivity contribution in [2.45, 2.75) is 57.9 Å². The van der Waals surface area contributed by atoms with Gasteiger partial charge in [0.1, 0.15) is 11.4 Å². The second-order valence-electron chi connectivity index (χ2n) is 12.9. The van der Waals surface area contributed by atoms with E-state index in [1.807, 2.05) is 49.6 Å². The van der Waals surface area contributed by atoms with Gasteiger partial charge < -0.3 is 34.5 Å². The first kappa shape index (κ1) is 39.0. The Bertz CT molecular complexity index is 1690. The lowest BCUT2D eigenvalue weighted by Crippen LogP contribution is -2.47. The number of carbonyl (C=O) groups is 3. The molecule has 17 heteroatoms. The highest BCUT2D eigenvalue weighted by Gasteiger charge is 2.38. The summed E-state index contributed by atoms with van der Waals surface area (Å²) < 4.78 is 82.4. The Kier molecular flexibility index (Phi) is 12.0. The van der Waals surface area contributed by atoms with Crippen molar-refractivity contribution >= 4 is 18.0 Å². The molecule has 3 heterocycles. The molecule has 3 N–H and O–H groups in total. The van der Waals surface area contributed by atoms with Gasteiger partial charge >= 0.3 is 24.6 Å². The first-order valence-corrected chi connectivity index (χ1v) is 15.8. The Balaban J connectivity index is 0.000000755. The number of hydrogen-bond donors (Lipinski definition) is 3. The predicted molar refractivity (Wildman–Crippen MR) is 172 cm³/mol. The predicted octanol–water partition coefficient (Wildman–Crippen LogP) is 6.64. The van der Waals surface area contributed by atoms with Crippen LogP contribution in [0.4, 0.5) is 31.1 Å². The monoisotopic (exact) mass is 728 g/mol. The lowest BCUT2D eigenvalue weighted by molar-refractivity contribution is -0.274. The number of rotatable bonds is 8. The number of ether oxygens (including phenoxy) is 2. The molecule has 2 aliphatic rings. The topological polar surface area (TPSA) is 134 Å². The highest BCUT2D eigenvalue weighted by Crippen LogP contribution is 2.41. The molecule has 1 aromatic heterocycles. The molecule has 278 valence electrons. The molecular formula is C34H38F6N4O7. The van der Waals surface area contributed by atoms with Gasteiger partial charge in [-0.05, 0) is 56.0 Å². The van der Waals surface area contributed by atoms with E-state index in [0.29, 0.717) is 42.0 Å². The van der Waals surface area contributed by atoms with Gasteiger partial charge in [0.15, 0.2) is 0 Å². The first-order valence-electron chi connectivity index (χ1n) is 15.8. The van der Waals surface area contributed by atoms with Crippen LogP contribution in [-0.4, -0.2) is 100 Å². The number of halogens is 6. The van der Waals surface area contributed by atoms with Crippen molar-refractivity contribution in [1.29, 1.82) is 0 Å². The quantitative estimate of drug-likeness (QED) is 0.220. The van der Waals surface area contributed by atoms with Gasteiger partial charge in [-0.2, -0.15) is 13.2 Å². The number of aromatic nitrogens is 1. The zero-order valence-corrected chi connectivity index (χ0v) is 28.0. The van der Waals surface area contributed by atoms with Crippen LogP contribution in [0.15, 0.2) is 54.7 Å². The smallest absolute Gasteiger partial charge is 0.475 e. The van der Waals surface area contributed by atoms with Gasteiger partial charge in [0.25, 0.3) is 5.91 Å². The van der Waals surface area contributed by atoms with Crippen LogP contribution in [0.5, 0.6) is 5.75 Å². The zero-order valence-electron chi connectivity index (χ0n) is 28.0. The van der Waals surface area contributed by atoms with Gasteiger partial charge in [0, 0.05) is 55.6 Å². The molecule has 0 unspecified atom stereocenters. The van der Waals surface area contributed by atoms with E-state index < -0.39 is 30.1 Å². The molecule has 1 atom stereocenters. The molecule has 2 aromatic carbocycles. The van der Waals surface area contributed by atoms with Crippen molar-refractivity contribution in [1.82, 2.24) is 19.7 Å². The Morgan fingerprint density at radius 1 is 0.980 bits per heavy atom. The van der Waals surface area contributed by atoms with Gasteiger partial charge in [0.05, 0.1) is 19.3 Å². The van der Waals surface area contributed by atoms with E-state index in [9.17, 15) is 41.0 Å². The summed E-state index contributed by atoms with van der Waals surface area (Å²) in [6, 6.07) is 13.3. The van der Waals surface area contributed by atoms with E-state index in [0.717, 1.165) is 30.8 Å². The summed E-state index contributed by atoms with van der Waals surface area (Å²) in [5.41, 5.74) is 3.18. The summed E-state index contributed by atoms with van der Waals surface area (Å²) in [5.74, 6) is -3.43. The highest BCUT2D eigenvalue weighted by molar-refractivity contribution is 6.05. The number of nitrogens with zero attached hydrogens (tertiary/aromatic N) is 3. The fraction of sp³-hybridized carbons (Fsp3) is 0.441. The number of amides is 2. The van der Waals surface area contributed by atoms with Crippen molar-refractivity contribution < 1.29 is 60.4 Å². The maximum Gasteiger partial charge on any atom is 0.573 e. The van der Waals surface area contributed by atoms with Crippen LogP contribution in [0.2, 0.25) is 0 Å². The average Bonchev–Trinajstić information content (AvgIpc) is 3.43. The van der Waals surface area contributed by atoms with E-state index in [1.165, 1.54) is 23.1 Å². The first-order chi connectivity index (χ1) is 23.7. The molecule has 3 aromatic rings. The SMILES string of the molecule is CC(C)(C)N(CC[C@H]1CNC(=O)c2c(-c3ccc(CN4CCOCC4)cc3)c(-c3cccc(OC(F)(F)F)c3)cn21)C(=O)O.O=C(O)C(F)(F)F. The van der Waals surface area contributed by atoms with Crippen LogP contribution in [0.1, 0.15) is 49.3 Å². The van der Waals surface area contributed by atoms with Crippen molar-refractivity contribution in [2.24, 2.45) is 0 Å².